The molecule has 0 aliphatic carbocycles. The van der Waals surface area contributed by atoms with Crippen LogP contribution in [0.25, 0.3) is 0 Å². The summed E-state index contributed by atoms with van der Waals surface area (Å²) < 4.78 is 25.9. The van der Waals surface area contributed by atoms with Gasteiger partial charge in [0.05, 0.1) is 10.3 Å². The normalized spacial score (nSPS) is 12.5. The molecule has 0 fully saturated rings. The van der Waals surface area contributed by atoms with Crippen molar-refractivity contribution in [3.05, 3.63) is 59.7 Å². The first-order chi connectivity index (χ1) is 12.3. The number of aliphatic hydroxyl groups is 1. The summed E-state index contributed by atoms with van der Waals surface area (Å²) in [5.74, 6) is -0.309. The van der Waals surface area contributed by atoms with E-state index in [2.05, 4.69) is 10.0 Å². The molecule has 1 amide bonds. The number of rotatable bonds is 5. The quantitative estimate of drug-likeness (QED) is 0.725. The van der Waals surface area contributed by atoms with Crippen molar-refractivity contribution in [3.8, 4) is 0 Å². The van der Waals surface area contributed by atoms with Gasteiger partial charge in [-0.05, 0) is 76.6 Å². The Morgan fingerprint density at radius 2 is 1.33 bits per heavy atom. The van der Waals surface area contributed by atoms with E-state index in [1.807, 2.05) is 0 Å². The van der Waals surface area contributed by atoms with Gasteiger partial charge in [-0.1, -0.05) is 12.1 Å². The van der Waals surface area contributed by atoms with Crippen LogP contribution in [-0.4, -0.2) is 24.2 Å². The van der Waals surface area contributed by atoms with Crippen molar-refractivity contribution < 1.29 is 18.3 Å². The number of anilines is 2. The molecule has 0 atom stereocenters. The van der Waals surface area contributed by atoms with Crippen LogP contribution in [0.2, 0.25) is 0 Å². The van der Waals surface area contributed by atoms with Gasteiger partial charge in [0.15, 0.2) is 0 Å². The molecule has 3 N–H and O–H groups in total. The molecule has 6 nitrogen and oxygen atoms in total. The van der Waals surface area contributed by atoms with Gasteiger partial charge in [-0.15, -0.1) is 0 Å². The summed E-state index contributed by atoms with van der Waals surface area (Å²) in [6.07, 6.45) is 0. The molecular formula is C20H26N2O4S. The summed E-state index contributed by atoms with van der Waals surface area (Å²) in [6.45, 7) is 8.22. The maximum absolute atomic E-state index is 12.4. The Labute approximate surface area is 160 Å². The summed E-state index contributed by atoms with van der Waals surface area (Å²) in [5.41, 5.74) is 1.21. The first-order valence-electron chi connectivity index (χ1n) is 8.56. The van der Waals surface area contributed by atoms with Crippen molar-refractivity contribution >= 4 is 27.3 Å². The summed E-state index contributed by atoms with van der Waals surface area (Å²) in [6, 6.07) is 13.2. The standard InChI is InChI=1S/C20H26N2O4S/c1-19(2,3)27(25,26)22-17-10-6-14(7-11-17)18(23)21-16-12-8-15(9-13-16)20(4,5)24/h6-13,22,24H,1-5H3,(H,21,23). The second kappa shape index (κ2) is 7.32. The Balaban J connectivity index is 2.08. The fraction of sp³-hybridized carbons (Fsp3) is 0.350. The van der Waals surface area contributed by atoms with Gasteiger partial charge in [0.1, 0.15) is 0 Å². The molecule has 27 heavy (non-hydrogen) atoms. The van der Waals surface area contributed by atoms with E-state index >= 15 is 0 Å². The second-order valence-electron chi connectivity index (χ2n) is 7.89. The molecule has 0 spiro atoms. The molecule has 0 aliphatic heterocycles. The lowest BCUT2D eigenvalue weighted by Crippen LogP contribution is -2.33. The number of hydrogen-bond donors (Lipinski definition) is 3. The van der Waals surface area contributed by atoms with E-state index in [1.165, 1.54) is 0 Å². The molecule has 2 aromatic carbocycles. The first-order valence-corrected chi connectivity index (χ1v) is 10.0. The van der Waals surface area contributed by atoms with Gasteiger partial charge in [-0.3, -0.25) is 9.52 Å². The maximum atomic E-state index is 12.4. The minimum atomic E-state index is -3.52. The van der Waals surface area contributed by atoms with E-state index in [0.29, 0.717) is 16.9 Å². The summed E-state index contributed by atoms with van der Waals surface area (Å²) in [5, 5.41) is 12.7. The van der Waals surface area contributed by atoms with Crippen molar-refractivity contribution in [2.45, 2.75) is 45.0 Å². The van der Waals surface area contributed by atoms with Crippen molar-refractivity contribution in [2.75, 3.05) is 10.0 Å². The van der Waals surface area contributed by atoms with Crippen LogP contribution < -0.4 is 10.0 Å². The van der Waals surface area contributed by atoms with E-state index in [0.717, 1.165) is 5.56 Å². The van der Waals surface area contributed by atoms with E-state index in [4.69, 9.17) is 0 Å². The predicted octanol–water partition coefficient (Wildman–Crippen LogP) is 3.71. The third-order valence-corrected chi connectivity index (χ3v) is 6.17. The Morgan fingerprint density at radius 1 is 0.852 bits per heavy atom. The number of carbonyl (C=O) groups is 1. The van der Waals surface area contributed by atoms with Crippen LogP contribution in [0.3, 0.4) is 0 Å². The zero-order valence-corrected chi connectivity index (χ0v) is 17.0. The summed E-state index contributed by atoms with van der Waals surface area (Å²) in [7, 11) is -3.52. The van der Waals surface area contributed by atoms with Crippen LogP contribution in [0.15, 0.2) is 48.5 Å². The van der Waals surface area contributed by atoms with Crippen LogP contribution in [0, 0.1) is 0 Å². The smallest absolute Gasteiger partial charge is 0.255 e. The molecule has 146 valence electrons. The Hall–Kier alpha value is -2.38. The van der Waals surface area contributed by atoms with E-state index in [1.54, 1.807) is 83.1 Å². The van der Waals surface area contributed by atoms with Crippen LogP contribution in [-0.2, 0) is 15.6 Å². The molecule has 0 bridgehead atoms. The molecule has 0 aliphatic rings. The average Bonchev–Trinajstić information content (AvgIpc) is 2.53. The summed E-state index contributed by atoms with van der Waals surface area (Å²) >= 11 is 0. The number of carbonyl (C=O) groups excluding carboxylic acids is 1. The van der Waals surface area contributed by atoms with Crippen molar-refractivity contribution in [3.63, 3.8) is 0 Å². The third kappa shape index (κ3) is 5.30. The number of amides is 1. The third-order valence-electron chi connectivity index (χ3n) is 4.05. The SMILES string of the molecule is CC(C)(O)c1ccc(NC(=O)c2ccc(NS(=O)(=O)C(C)(C)C)cc2)cc1. The zero-order valence-electron chi connectivity index (χ0n) is 16.2. The topological polar surface area (TPSA) is 95.5 Å². The molecule has 0 saturated heterocycles. The average molecular weight is 391 g/mol. The minimum Gasteiger partial charge on any atom is -0.386 e. The Bertz CT molecular complexity index is 904. The Morgan fingerprint density at radius 3 is 1.78 bits per heavy atom. The van der Waals surface area contributed by atoms with Crippen molar-refractivity contribution in [2.24, 2.45) is 0 Å². The first kappa shape index (κ1) is 20.9. The van der Waals surface area contributed by atoms with E-state index < -0.39 is 20.4 Å². The van der Waals surface area contributed by atoms with Crippen molar-refractivity contribution in [1.29, 1.82) is 0 Å². The highest BCUT2D eigenvalue weighted by molar-refractivity contribution is 7.94. The molecule has 0 heterocycles. The maximum Gasteiger partial charge on any atom is 0.255 e. The predicted molar refractivity (Wildman–Crippen MR) is 108 cm³/mol. The van der Waals surface area contributed by atoms with Gasteiger partial charge in [0, 0.05) is 16.9 Å². The number of hydrogen-bond acceptors (Lipinski definition) is 4. The molecule has 2 rings (SSSR count). The van der Waals surface area contributed by atoms with Gasteiger partial charge >= 0.3 is 0 Å². The molecule has 0 unspecified atom stereocenters. The lowest BCUT2D eigenvalue weighted by molar-refractivity contribution is 0.0786. The van der Waals surface area contributed by atoms with E-state index in [9.17, 15) is 18.3 Å². The van der Waals surface area contributed by atoms with Gasteiger partial charge < -0.3 is 10.4 Å². The second-order valence-corrected chi connectivity index (χ2v) is 10.3. The largest absolute Gasteiger partial charge is 0.386 e. The fourth-order valence-electron chi connectivity index (χ4n) is 2.16. The molecule has 7 heteroatoms. The van der Waals surface area contributed by atoms with E-state index in [-0.39, 0.29) is 5.91 Å². The van der Waals surface area contributed by atoms with Gasteiger partial charge in [-0.25, -0.2) is 8.42 Å². The van der Waals surface area contributed by atoms with Crippen LogP contribution in [0.4, 0.5) is 11.4 Å². The van der Waals surface area contributed by atoms with Gasteiger partial charge in [-0.2, -0.15) is 0 Å². The van der Waals surface area contributed by atoms with Crippen molar-refractivity contribution in [1.82, 2.24) is 0 Å². The van der Waals surface area contributed by atoms with Gasteiger partial charge in [0.25, 0.3) is 5.91 Å². The highest BCUT2D eigenvalue weighted by Gasteiger charge is 2.28. The molecule has 0 saturated carbocycles. The highest BCUT2D eigenvalue weighted by atomic mass is 32.2. The van der Waals surface area contributed by atoms with Crippen LogP contribution >= 0.6 is 0 Å². The lowest BCUT2D eigenvalue weighted by atomic mass is 9.98. The molecular weight excluding hydrogens is 364 g/mol. The number of sulfonamides is 1. The van der Waals surface area contributed by atoms with Crippen LogP contribution in [0.1, 0.15) is 50.5 Å². The van der Waals surface area contributed by atoms with Crippen LogP contribution in [0.5, 0.6) is 0 Å². The molecule has 0 aromatic heterocycles. The zero-order chi connectivity index (χ0) is 20.5. The highest BCUT2D eigenvalue weighted by Crippen LogP contribution is 2.22. The fourth-order valence-corrected chi connectivity index (χ4v) is 2.92. The molecule has 0 radical (unpaired) electrons. The minimum absolute atomic E-state index is 0.309. The van der Waals surface area contributed by atoms with Gasteiger partial charge in [0.2, 0.25) is 10.0 Å². The lowest BCUT2D eigenvalue weighted by Gasteiger charge is -2.20. The number of benzene rings is 2. The molecule has 2 aromatic rings. The summed E-state index contributed by atoms with van der Waals surface area (Å²) in [4.78, 5) is 12.4. The monoisotopic (exact) mass is 390 g/mol. The Kier molecular flexibility index (Phi) is 5.68. The number of nitrogens with one attached hydrogen (secondary N) is 2.